The number of hydrogen-bond acceptors (Lipinski definition) is 8. The van der Waals surface area contributed by atoms with Crippen LogP contribution in [0, 0.1) is 19.7 Å². The number of carbonyl (C=O) groups excluding carboxylic acids is 1. The highest BCUT2D eigenvalue weighted by atomic mass is 19.1. The number of unbranched alkanes of at least 4 members (excludes halogenated alkanes) is 1. The predicted octanol–water partition coefficient (Wildman–Crippen LogP) is 7.00. The highest BCUT2D eigenvalue weighted by molar-refractivity contribution is 5.84. The Morgan fingerprint density at radius 1 is 0.962 bits per heavy atom. The Morgan fingerprint density at radius 2 is 1.79 bits per heavy atom. The Labute approximate surface area is 306 Å². The van der Waals surface area contributed by atoms with Crippen molar-refractivity contribution >= 4 is 28.4 Å². The third kappa shape index (κ3) is 7.94. The van der Waals surface area contributed by atoms with Gasteiger partial charge in [0.1, 0.15) is 5.82 Å². The number of halogens is 1. The van der Waals surface area contributed by atoms with Crippen LogP contribution in [0.3, 0.4) is 0 Å². The van der Waals surface area contributed by atoms with Gasteiger partial charge in [0.25, 0.3) is 0 Å². The molecule has 7 rings (SSSR count). The van der Waals surface area contributed by atoms with Crippen molar-refractivity contribution in [2.24, 2.45) is 0 Å². The number of aromatic nitrogens is 3. The standard InChI is InChI=1S/C41H52FN7O3/c1-5-6-18-52-41(51)45(4)34-14-17-47(26-34)39-21-38-36(20-37(39)42)40(50)31(25-49(38)32-11-12-32)24-48(23-30-13-15-43-29(3)19-30)35-8-7-16-46(27-35)33-10-9-28(2)44-22-33/h9-10,13,15,19-22,25,32,34-35H,5-8,11-12,14,16-18,23-24,26-27H2,1-4H3/t34?,35-/m0/s1. The molecule has 3 aromatic heterocycles. The van der Waals surface area contributed by atoms with Gasteiger partial charge >= 0.3 is 6.09 Å². The van der Waals surface area contributed by atoms with E-state index in [0.717, 1.165) is 86.2 Å². The number of nitrogens with zero attached hydrogens (tertiary/aromatic N) is 7. The van der Waals surface area contributed by atoms with E-state index >= 15 is 4.39 Å². The second-order valence-corrected chi connectivity index (χ2v) is 15.0. The lowest BCUT2D eigenvalue weighted by molar-refractivity contribution is 0.0986. The Balaban J connectivity index is 1.17. The second kappa shape index (κ2) is 15.6. The third-order valence-corrected chi connectivity index (χ3v) is 11.1. The molecule has 276 valence electrons. The quantitative estimate of drug-likeness (QED) is 0.146. The lowest BCUT2D eigenvalue weighted by atomic mass is 10.0. The van der Waals surface area contributed by atoms with E-state index < -0.39 is 5.82 Å². The number of hydrogen-bond donors (Lipinski definition) is 0. The zero-order chi connectivity index (χ0) is 36.4. The summed E-state index contributed by atoms with van der Waals surface area (Å²) in [6.45, 7) is 10.5. The minimum atomic E-state index is -0.406. The summed E-state index contributed by atoms with van der Waals surface area (Å²) >= 11 is 0. The fourth-order valence-electron chi connectivity index (χ4n) is 7.86. The van der Waals surface area contributed by atoms with Crippen molar-refractivity contribution in [2.75, 3.05) is 49.6 Å². The van der Waals surface area contributed by atoms with Crippen LogP contribution in [0.1, 0.15) is 80.4 Å². The van der Waals surface area contributed by atoms with Crippen LogP contribution < -0.4 is 15.2 Å². The first-order valence-corrected chi connectivity index (χ1v) is 19.0. The van der Waals surface area contributed by atoms with E-state index in [1.165, 1.54) is 6.07 Å². The summed E-state index contributed by atoms with van der Waals surface area (Å²) in [5.74, 6) is -0.406. The first-order valence-electron chi connectivity index (χ1n) is 19.0. The number of pyridine rings is 3. The van der Waals surface area contributed by atoms with Crippen molar-refractivity contribution in [3.8, 4) is 0 Å². The second-order valence-electron chi connectivity index (χ2n) is 15.0. The summed E-state index contributed by atoms with van der Waals surface area (Å²) < 4.78 is 23.8. The number of ether oxygens (including phenoxy) is 1. The smallest absolute Gasteiger partial charge is 0.409 e. The number of aryl methyl sites for hydroxylation is 2. The van der Waals surface area contributed by atoms with Crippen LogP contribution in [0.4, 0.5) is 20.6 Å². The Bertz CT molecular complexity index is 1950. The lowest BCUT2D eigenvalue weighted by Gasteiger charge is -2.40. The number of amides is 1. The molecule has 2 saturated heterocycles. The Morgan fingerprint density at radius 3 is 2.54 bits per heavy atom. The van der Waals surface area contributed by atoms with Crippen LogP contribution in [0.25, 0.3) is 10.9 Å². The van der Waals surface area contributed by atoms with Gasteiger partial charge in [0, 0.05) is 93.1 Å². The summed E-state index contributed by atoms with van der Waals surface area (Å²) in [5.41, 5.74) is 6.06. The van der Waals surface area contributed by atoms with Gasteiger partial charge in [-0.15, -0.1) is 0 Å². The van der Waals surface area contributed by atoms with Gasteiger partial charge in [0.2, 0.25) is 0 Å². The monoisotopic (exact) mass is 709 g/mol. The van der Waals surface area contributed by atoms with E-state index in [2.05, 4.69) is 55.5 Å². The van der Waals surface area contributed by atoms with Crippen molar-refractivity contribution in [3.63, 3.8) is 0 Å². The molecule has 1 saturated carbocycles. The van der Waals surface area contributed by atoms with E-state index in [9.17, 15) is 9.59 Å². The molecule has 1 amide bonds. The molecule has 3 aliphatic rings. The molecule has 52 heavy (non-hydrogen) atoms. The molecular formula is C41H52FN7O3. The molecule has 0 spiro atoms. The first kappa shape index (κ1) is 35.9. The van der Waals surface area contributed by atoms with E-state index in [1.807, 2.05) is 43.4 Å². The zero-order valence-corrected chi connectivity index (χ0v) is 31.1. The van der Waals surface area contributed by atoms with E-state index in [1.54, 1.807) is 11.9 Å². The molecular weight excluding hydrogens is 657 g/mol. The van der Waals surface area contributed by atoms with Gasteiger partial charge in [-0.2, -0.15) is 0 Å². The maximum absolute atomic E-state index is 16.1. The molecule has 0 N–H and O–H groups in total. The summed E-state index contributed by atoms with van der Waals surface area (Å²) in [5, 5.41) is 0.425. The number of anilines is 2. The highest BCUT2D eigenvalue weighted by Crippen LogP contribution is 2.39. The number of benzene rings is 1. The molecule has 4 aromatic rings. The molecule has 1 aromatic carbocycles. The van der Waals surface area contributed by atoms with E-state index in [4.69, 9.17) is 4.74 Å². The summed E-state index contributed by atoms with van der Waals surface area (Å²) in [4.78, 5) is 44.5. The van der Waals surface area contributed by atoms with Crippen LogP contribution in [0.5, 0.6) is 0 Å². The Kier molecular flexibility index (Phi) is 10.8. The number of rotatable bonds is 12. The number of carbonyl (C=O) groups is 1. The van der Waals surface area contributed by atoms with Crippen molar-refractivity contribution in [1.29, 1.82) is 0 Å². The van der Waals surface area contributed by atoms with Crippen molar-refractivity contribution in [1.82, 2.24) is 24.3 Å². The molecule has 2 atom stereocenters. The van der Waals surface area contributed by atoms with Gasteiger partial charge in [-0.1, -0.05) is 13.3 Å². The average Bonchev–Trinajstić information content (AvgIpc) is 3.88. The maximum Gasteiger partial charge on any atom is 0.409 e. The van der Waals surface area contributed by atoms with Crippen LogP contribution in [-0.4, -0.2) is 82.3 Å². The minimum absolute atomic E-state index is 0.0784. The average molecular weight is 710 g/mol. The molecule has 11 heteroatoms. The van der Waals surface area contributed by atoms with Gasteiger partial charge < -0.3 is 24.0 Å². The van der Waals surface area contributed by atoms with Crippen molar-refractivity contribution in [2.45, 2.75) is 96.9 Å². The van der Waals surface area contributed by atoms with Crippen molar-refractivity contribution < 1.29 is 13.9 Å². The van der Waals surface area contributed by atoms with E-state index in [0.29, 0.717) is 49.4 Å². The van der Waals surface area contributed by atoms with E-state index in [-0.39, 0.29) is 29.6 Å². The van der Waals surface area contributed by atoms with Crippen LogP contribution in [0.15, 0.2) is 59.8 Å². The zero-order valence-electron chi connectivity index (χ0n) is 31.1. The topological polar surface area (TPSA) is 87.0 Å². The van der Waals surface area contributed by atoms with Crippen LogP contribution >= 0.6 is 0 Å². The fraction of sp³-hybridized carbons (Fsp3) is 0.512. The number of piperidine rings is 1. The van der Waals surface area contributed by atoms with Gasteiger partial charge in [0.15, 0.2) is 5.43 Å². The highest BCUT2D eigenvalue weighted by Gasteiger charge is 2.33. The molecule has 3 fully saturated rings. The maximum atomic E-state index is 16.1. The first-order chi connectivity index (χ1) is 25.2. The molecule has 0 radical (unpaired) electrons. The molecule has 10 nitrogen and oxygen atoms in total. The van der Waals surface area contributed by atoms with Crippen LogP contribution in [0.2, 0.25) is 0 Å². The van der Waals surface area contributed by atoms with Crippen LogP contribution in [-0.2, 0) is 17.8 Å². The summed E-state index contributed by atoms with van der Waals surface area (Å²) in [6, 6.07) is 12.1. The van der Waals surface area contributed by atoms with Gasteiger partial charge in [-0.05, 0) is 94.3 Å². The third-order valence-electron chi connectivity index (χ3n) is 11.1. The molecule has 2 aliphatic heterocycles. The predicted molar refractivity (Wildman–Crippen MR) is 204 cm³/mol. The van der Waals surface area contributed by atoms with Gasteiger partial charge in [-0.25, -0.2) is 9.18 Å². The largest absolute Gasteiger partial charge is 0.449 e. The molecule has 5 heterocycles. The minimum Gasteiger partial charge on any atom is -0.449 e. The summed E-state index contributed by atoms with van der Waals surface area (Å²) in [7, 11) is 1.76. The molecule has 1 unspecified atom stereocenters. The lowest BCUT2D eigenvalue weighted by Crippen LogP contribution is -2.48. The van der Waals surface area contributed by atoms with Crippen molar-refractivity contribution in [3.05, 3.63) is 93.5 Å². The fourth-order valence-corrected chi connectivity index (χ4v) is 7.86. The molecule has 1 aliphatic carbocycles. The number of fused-ring (bicyclic) bond motifs is 1. The Hall–Kier alpha value is -4.51. The number of likely N-dealkylation sites (N-methyl/N-ethyl adjacent to an activating group) is 1. The van der Waals surface area contributed by atoms with Gasteiger partial charge in [0.05, 0.1) is 35.7 Å². The normalized spacial score (nSPS) is 19.1. The summed E-state index contributed by atoms with van der Waals surface area (Å²) in [6.07, 6.45) is 12.1. The molecule has 0 bridgehead atoms. The van der Waals surface area contributed by atoms with Gasteiger partial charge in [-0.3, -0.25) is 19.7 Å². The SMILES string of the molecule is CCCCOC(=O)N(C)C1CCN(c2cc3c(cc2F)c(=O)c(CN(Cc2ccnc(C)c2)[C@H]2CCCN(c4ccc(C)nc4)C2)cn3C2CC2)C1.